The van der Waals surface area contributed by atoms with E-state index in [1.165, 1.54) is 6.92 Å². The van der Waals surface area contributed by atoms with E-state index in [-0.39, 0.29) is 5.78 Å². The van der Waals surface area contributed by atoms with Gasteiger partial charge in [0.05, 0.1) is 11.9 Å². The molecule has 1 aromatic carbocycles. The normalized spacial score (nSPS) is 13.6. The summed E-state index contributed by atoms with van der Waals surface area (Å²) < 4.78 is 28.6. The van der Waals surface area contributed by atoms with Gasteiger partial charge in [0, 0.05) is 18.0 Å². The zero-order chi connectivity index (χ0) is 14.2. The molecule has 2 aromatic rings. The Bertz CT molecular complexity index is 730. The molecular formula is C13H15NO4S. The molecule has 0 aliphatic carbocycles. The zero-order valence-electron chi connectivity index (χ0n) is 11.0. The van der Waals surface area contributed by atoms with Crippen LogP contribution in [0.3, 0.4) is 0 Å². The predicted octanol–water partition coefficient (Wildman–Crippen LogP) is 1.73. The number of hydrogen-bond acceptors (Lipinski definition) is 4. The third-order valence-corrected chi connectivity index (χ3v) is 3.53. The largest absolute Gasteiger partial charge is 0.341 e. The Balaban J connectivity index is 2.39. The molecule has 1 aromatic heterocycles. The maximum absolute atomic E-state index is 12.2. The van der Waals surface area contributed by atoms with Crippen LogP contribution in [0.15, 0.2) is 30.3 Å². The molecular weight excluding hydrogens is 266 g/mol. The summed E-state index contributed by atoms with van der Waals surface area (Å²) in [7, 11) is -1.88. The van der Waals surface area contributed by atoms with Gasteiger partial charge >= 0.3 is 0 Å². The van der Waals surface area contributed by atoms with Crippen LogP contribution in [0.5, 0.6) is 0 Å². The maximum Gasteiger partial charge on any atom is 0.265 e. The Morgan fingerprint density at radius 2 is 1.95 bits per heavy atom. The van der Waals surface area contributed by atoms with E-state index >= 15 is 0 Å². The molecule has 0 amide bonds. The van der Waals surface area contributed by atoms with E-state index in [0.717, 1.165) is 17.2 Å². The molecule has 0 saturated heterocycles. The first-order valence-corrected chi connectivity index (χ1v) is 7.58. The predicted molar refractivity (Wildman–Crippen MR) is 72.6 cm³/mol. The number of para-hydroxylation sites is 1. The quantitative estimate of drug-likeness (QED) is 0.632. The van der Waals surface area contributed by atoms with Crippen LogP contribution in [0.4, 0.5) is 0 Å². The molecule has 5 nitrogen and oxygen atoms in total. The summed E-state index contributed by atoms with van der Waals surface area (Å²) in [4.78, 5) is 12.2. The van der Waals surface area contributed by atoms with Crippen molar-refractivity contribution in [3.05, 3.63) is 36.0 Å². The minimum Gasteiger partial charge on any atom is -0.341 e. The van der Waals surface area contributed by atoms with E-state index in [2.05, 4.69) is 0 Å². The van der Waals surface area contributed by atoms with E-state index in [4.69, 9.17) is 4.18 Å². The highest BCUT2D eigenvalue weighted by Crippen LogP contribution is 2.20. The van der Waals surface area contributed by atoms with Crippen molar-refractivity contribution in [3.63, 3.8) is 0 Å². The minimum absolute atomic E-state index is 0.357. The lowest BCUT2D eigenvalue weighted by Crippen LogP contribution is -2.25. The SMILES string of the molecule is C[C@@H](OS(C)(=O)=O)C(=O)c1cc2ccccc2n1C. The molecule has 1 atom stereocenters. The van der Waals surface area contributed by atoms with Gasteiger partial charge in [0.2, 0.25) is 5.78 Å². The molecule has 102 valence electrons. The minimum atomic E-state index is -3.65. The summed E-state index contributed by atoms with van der Waals surface area (Å²) in [6.07, 6.45) is -0.101. The van der Waals surface area contributed by atoms with Crippen molar-refractivity contribution >= 4 is 26.8 Å². The lowest BCUT2D eigenvalue weighted by Gasteiger charge is -2.10. The highest BCUT2D eigenvalue weighted by atomic mass is 32.2. The average Bonchev–Trinajstić information content (AvgIpc) is 2.64. The van der Waals surface area contributed by atoms with E-state index in [0.29, 0.717) is 5.69 Å². The third kappa shape index (κ3) is 2.85. The standard InChI is InChI=1S/C13H15NO4S/c1-9(18-19(3,16)17)13(15)12-8-10-6-4-5-7-11(10)14(12)2/h4-9H,1-3H3/t9-/m1/s1. The number of nitrogens with zero attached hydrogens (tertiary/aromatic N) is 1. The Morgan fingerprint density at radius 1 is 1.32 bits per heavy atom. The van der Waals surface area contributed by atoms with Gasteiger partial charge in [-0.1, -0.05) is 18.2 Å². The average molecular weight is 281 g/mol. The molecule has 0 fully saturated rings. The summed E-state index contributed by atoms with van der Waals surface area (Å²) >= 11 is 0. The molecule has 0 N–H and O–H groups in total. The number of carbonyl (C=O) groups is 1. The van der Waals surface area contributed by atoms with E-state index in [1.54, 1.807) is 17.7 Å². The second kappa shape index (κ2) is 4.79. The lowest BCUT2D eigenvalue weighted by molar-refractivity contribution is 0.0819. The molecule has 0 radical (unpaired) electrons. The number of carbonyl (C=O) groups excluding carboxylic acids is 1. The Kier molecular flexibility index (Phi) is 3.47. The van der Waals surface area contributed by atoms with Gasteiger partial charge < -0.3 is 4.57 Å². The van der Waals surface area contributed by atoms with Crippen LogP contribution in [-0.4, -0.2) is 31.1 Å². The highest BCUT2D eigenvalue weighted by Gasteiger charge is 2.23. The summed E-state index contributed by atoms with van der Waals surface area (Å²) in [5.41, 5.74) is 1.34. The maximum atomic E-state index is 12.2. The fourth-order valence-electron chi connectivity index (χ4n) is 2.04. The molecule has 1 heterocycles. The summed E-state index contributed by atoms with van der Waals surface area (Å²) in [5, 5.41) is 0.930. The number of hydrogen-bond donors (Lipinski definition) is 0. The van der Waals surface area contributed by atoms with Crippen LogP contribution < -0.4 is 0 Å². The van der Waals surface area contributed by atoms with Crippen LogP contribution >= 0.6 is 0 Å². The smallest absolute Gasteiger partial charge is 0.265 e. The van der Waals surface area contributed by atoms with Crippen LogP contribution in [0.2, 0.25) is 0 Å². The fourth-order valence-corrected chi connectivity index (χ4v) is 2.65. The monoisotopic (exact) mass is 281 g/mol. The number of rotatable bonds is 4. The number of aromatic nitrogens is 1. The Morgan fingerprint density at radius 3 is 2.53 bits per heavy atom. The van der Waals surface area contributed by atoms with Gasteiger partial charge in [-0.05, 0) is 19.1 Å². The van der Waals surface area contributed by atoms with Crippen molar-refractivity contribution in [2.45, 2.75) is 13.0 Å². The summed E-state index contributed by atoms with van der Waals surface area (Å²) in [5.74, 6) is -0.357. The number of Topliss-reactive ketones (excluding diaryl/α,β-unsaturated/α-hetero) is 1. The molecule has 2 rings (SSSR count). The first kappa shape index (κ1) is 13.8. The highest BCUT2D eigenvalue weighted by molar-refractivity contribution is 7.86. The molecule has 0 aliphatic heterocycles. The van der Waals surface area contributed by atoms with Crippen molar-refractivity contribution < 1.29 is 17.4 Å². The summed E-state index contributed by atoms with van der Waals surface area (Å²) in [6.45, 7) is 1.43. The van der Waals surface area contributed by atoms with Gasteiger partial charge in [-0.25, -0.2) is 0 Å². The first-order valence-electron chi connectivity index (χ1n) is 5.76. The van der Waals surface area contributed by atoms with Gasteiger partial charge in [0.15, 0.2) is 0 Å². The fraction of sp³-hybridized carbons (Fsp3) is 0.308. The number of aryl methyl sites for hydroxylation is 1. The van der Waals surface area contributed by atoms with Crippen LogP contribution in [0.1, 0.15) is 17.4 Å². The Hall–Kier alpha value is -1.66. The molecule has 6 heteroatoms. The number of ketones is 1. The second-order valence-electron chi connectivity index (χ2n) is 4.45. The van der Waals surface area contributed by atoms with Crippen molar-refractivity contribution in [2.24, 2.45) is 7.05 Å². The van der Waals surface area contributed by atoms with Gasteiger partial charge in [-0.3, -0.25) is 8.98 Å². The van der Waals surface area contributed by atoms with Crippen LogP contribution in [0.25, 0.3) is 10.9 Å². The zero-order valence-corrected chi connectivity index (χ0v) is 11.8. The van der Waals surface area contributed by atoms with Crippen LogP contribution in [0, 0.1) is 0 Å². The van der Waals surface area contributed by atoms with Gasteiger partial charge in [-0.15, -0.1) is 0 Å². The van der Waals surface area contributed by atoms with Crippen molar-refractivity contribution in [1.82, 2.24) is 4.57 Å². The molecule has 19 heavy (non-hydrogen) atoms. The van der Waals surface area contributed by atoms with Gasteiger partial charge in [-0.2, -0.15) is 8.42 Å². The van der Waals surface area contributed by atoms with Crippen molar-refractivity contribution in [2.75, 3.05) is 6.26 Å². The third-order valence-electron chi connectivity index (χ3n) is 2.89. The number of benzene rings is 1. The van der Waals surface area contributed by atoms with Crippen molar-refractivity contribution in [1.29, 1.82) is 0 Å². The Labute approximate surface area is 111 Å². The molecule has 0 bridgehead atoms. The molecule has 0 spiro atoms. The van der Waals surface area contributed by atoms with E-state index < -0.39 is 16.2 Å². The van der Waals surface area contributed by atoms with Gasteiger partial charge in [0.1, 0.15) is 6.10 Å². The van der Waals surface area contributed by atoms with E-state index in [1.807, 2.05) is 24.3 Å². The molecule has 0 aliphatic rings. The lowest BCUT2D eigenvalue weighted by atomic mass is 10.2. The van der Waals surface area contributed by atoms with E-state index in [9.17, 15) is 13.2 Å². The molecule has 0 unspecified atom stereocenters. The topological polar surface area (TPSA) is 65.4 Å². The van der Waals surface area contributed by atoms with Crippen LogP contribution in [-0.2, 0) is 21.3 Å². The van der Waals surface area contributed by atoms with Gasteiger partial charge in [0.25, 0.3) is 10.1 Å². The summed E-state index contributed by atoms with van der Waals surface area (Å²) in [6, 6.07) is 9.29. The first-order chi connectivity index (χ1) is 8.79. The second-order valence-corrected chi connectivity index (χ2v) is 6.05. The van der Waals surface area contributed by atoms with Crippen molar-refractivity contribution in [3.8, 4) is 0 Å². The number of fused-ring (bicyclic) bond motifs is 1. The molecule has 0 saturated carbocycles.